The van der Waals surface area contributed by atoms with Crippen LogP contribution in [0.2, 0.25) is 0 Å². The Balaban J connectivity index is 1.70. The average Bonchev–Trinajstić information content (AvgIpc) is 3.39. The third kappa shape index (κ3) is 3.85. The molecule has 0 N–H and O–H groups in total. The Morgan fingerprint density at radius 1 is 1.00 bits per heavy atom. The minimum Gasteiger partial charge on any atom is -0.454 e. The van der Waals surface area contributed by atoms with Crippen molar-refractivity contribution in [3.63, 3.8) is 0 Å². The molecule has 0 unspecified atom stereocenters. The van der Waals surface area contributed by atoms with E-state index in [0.29, 0.717) is 0 Å². The van der Waals surface area contributed by atoms with Crippen LogP contribution in [0.5, 0.6) is 0 Å². The Morgan fingerprint density at radius 3 is 2.61 bits per heavy atom. The number of aryl methyl sites for hydroxylation is 2. The maximum absolute atomic E-state index is 6.12. The number of hydrogen-bond acceptors (Lipinski definition) is 5. The highest BCUT2D eigenvalue weighted by Gasteiger charge is 2.13. The zero-order valence-corrected chi connectivity index (χ0v) is 18.0. The Labute approximate surface area is 183 Å². The fraction of sp³-hybridized carbons (Fsp3) is 0.0800. The van der Waals surface area contributed by atoms with Gasteiger partial charge in [0.15, 0.2) is 5.76 Å². The summed E-state index contributed by atoms with van der Waals surface area (Å²) < 4.78 is 7.95. The number of hydrogen-bond donors (Lipinski definition) is 0. The van der Waals surface area contributed by atoms with Gasteiger partial charge in [-0.25, -0.2) is 9.67 Å². The van der Waals surface area contributed by atoms with Crippen molar-refractivity contribution in [3.8, 4) is 11.5 Å². The summed E-state index contributed by atoms with van der Waals surface area (Å²) in [6, 6.07) is 20.1. The van der Waals surface area contributed by atoms with Gasteiger partial charge in [-0.3, -0.25) is 4.98 Å². The first-order valence-corrected chi connectivity index (χ1v) is 10.8. The lowest BCUT2D eigenvalue weighted by atomic mass is 10.1. The molecule has 0 spiro atoms. The van der Waals surface area contributed by atoms with Crippen LogP contribution in [-0.2, 0) is 0 Å². The van der Waals surface area contributed by atoms with Gasteiger partial charge in [-0.05, 0) is 43.2 Å². The summed E-state index contributed by atoms with van der Waals surface area (Å²) in [4.78, 5) is 9.90. The molecule has 3 heterocycles. The molecule has 0 saturated carbocycles. The second-order valence-electron chi connectivity index (χ2n) is 7.25. The van der Waals surface area contributed by atoms with E-state index in [0.717, 1.165) is 49.6 Å². The molecule has 0 aliphatic rings. The van der Waals surface area contributed by atoms with Crippen LogP contribution in [0.15, 0.2) is 92.9 Å². The van der Waals surface area contributed by atoms with Crippen LogP contribution in [0.25, 0.3) is 22.4 Å². The summed E-state index contributed by atoms with van der Waals surface area (Å²) in [5.41, 5.74) is 5.83. The van der Waals surface area contributed by atoms with Gasteiger partial charge in [0.05, 0.1) is 11.9 Å². The van der Waals surface area contributed by atoms with E-state index < -0.39 is 0 Å². The number of fused-ring (bicyclic) bond motifs is 1. The van der Waals surface area contributed by atoms with E-state index in [-0.39, 0.29) is 0 Å². The number of pyridine rings is 1. The predicted molar refractivity (Wildman–Crippen MR) is 126 cm³/mol. The first-order chi connectivity index (χ1) is 15.2. The van der Waals surface area contributed by atoms with Crippen molar-refractivity contribution in [2.45, 2.75) is 13.8 Å². The Kier molecular flexibility index (Phi) is 5.06. The first-order valence-electron chi connectivity index (χ1n) is 9.94. The van der Waals surface area contributed by atoms with Crippen molar-refractivity contribution in [2.24, 2.45) is 10.1 Å². The standard InChI is InChI=1S/C25H20N4OS/c1-17-7-5-8-18(2)24(17)28-25-29(27-15-19-9-6-12-26-14-19)21(16-31-25)23-13-20-10-3-4-11-22(20)30-23/h3-16H,1-2H3. The van der Waals surface area contributed by atoms with Crippen LogP contribution >= 0.6 is 11.3 Å². The predicted octanol–water partition coefficient (Wildman–Crippen LogP) is 6.09. The smallest absolute Gasteiger partial charge is 0.211 e. The second kappa shape index (κ2) is 8.16. The Bertz CT molecular complexity index is 1400. The summed E-state index contributed by atoms with van der Waals surface area (Å²) in [5, 5.41) is 7.83. The highest BCUT2D eigenvalue weighted by atomic mass is 32.1. The molecule has 0 saturated heterocycles. The molecule has 5 aromatic rings. The zero-order chi connectivity index (χ0) is 21.2. The lowest BCUT2D eigenvalue weighted by Gasteiger charge is -2.04. The SMILES string of the molecule is Cc1cccc(C)c1N=c1scc(-c2cc3ccccc3o2)n1N=Cc1cccnc1. The molecular weight excluding hydrogens is 404 g/mol. The van der Waals surface area contributed by atoms with Crippen molar-refractivity contribution in [1.29, 1.82) is 0 Å². The molecule has 0 aliphatic heterocycles. The van der Waals surface area contributed by atoms with Gasteiger partial charge in [-0.2, -0.15) is 5.10 Å². The van der Waals surface area contributed by atoms with Crippen molar-refractivity contribution in [2.75, 3.05) is 0 Å². The number of benzene rings is 2. The summed E-state index contributed by atoms with van der Waals surface area (Å²) in [6.45, 7) is 4.14. The molecule has 0 atom stereocenters. The molecule has 0 aliphatic carbocycles. The number of nitrogens with zero attached hydrogens (tertiary/aromatic N) is 4. The van der Waals surface area contributed by atoms with Crippen LogP contribution in [-0.4, -0.2) is 15.9 Å². The van der Waals surface area contributed by atoms with Crippen LogP contribution in [0.1, 0.15) is 16.7 Å². The van der Waals surface area contributed by atoms with Crippen molar-refractivity contribution < 1.29 is 4.42 Å². The molecule has 0 bridgehead atoms. The summed E-state index contributed by atoms with van der Waals surface area (Å²) in [7, 11) is 0. The molecule has 6 heteroatoms. The topological polar surface area (TPSA) is 55.7 Å². The maximum Gasteiger partial charge on any atom is 0.211 e. The van der Waals surface area contributed by atoms with E-state index in [2.05, 4.69) is 31.0 Å². The van der Waals surface area contributed by atoms with E-state index in [1.807, 2.05) is 58.6 Å². The third-order valence-electron chi connectivity index (χ3n) is 5.02. The van der Waals surface area contributed by atoms with Gasteiger partial charge >= 0.3 is 0 Å². The number of thiazole rings is 1. The van der Waals surface area contributed by atoms with Crippen LogP contribution in [0.3, 0.4) is 0 Å². The molecule has 5 nitrogen and oxygen atoms in total. The largest absolute Gasteiger partial charge is 0.454 e. The van der Waals surface area contributed by atoms with Crippen molar-refractivity contribution in [3.05, 3.63) is 99.9 Å². The van der Waals surface area contributed by atoms with Gasteiger partial charge in [0.2, 0.25) is 4.80 Å². The fourth-order valence-electron chi connectivity index (χ4n) is 3.42. The van der Waals surface area contributed by atoms with Gasteiger partial charge in [-0.15, -0.1) is 11.3 Å². The molecule has 0 amide bonds. The maximum atomic E-state index is 6.12. The minimum atomic E-state index is 0.753. The van der Waals surface area contributed by atoms with Crippen LogP contribution in [0.4, 0.5) is 5.69 Å². The van der Waals surface area contributed by atoms with Gasteiger partial charge < -0.3 is 4.42 Å². The molecule has 31 heavy (non-hydrogen) atoms. The molecule has 0 fully saturated rings. The number of rotatable bonds is 4. The van der Waals surface area contributed by atoms with Crippen LogP contribution < -0.4 is 4.80 Å². The molecular formula is C25H20N4OS. The van der Waals surface area contributed by atoms with E-state index in [9.17, 15) is 0 Å². The highest BCUT2D eigenvalue weighted by molar-refractivity contribution is 7.07. The zero-order valence-electron chi connectivity index (χ0n) is 17.2. The molecule has 0 radical (unpaired) electrons. The number of furan rings is 1. The van der Waals surface area contributed by atoms with Crippen molar-refractivity contribution in [1.82, 2.24) is 9.66 Å². The van der Waals surface area contributed by atoms with Gasteiger partial charge in [0.25, 0.3) is 0 Å². The van der Waals surface area contributed by atoms with Crippen molar-refractivity contribution >= 4 is 34.2 Å². The minimum absolute atomic E-state index is 0.753. The second-order valence-corrected chi connectivity index (χ2v) is 8.08. The summed E-state index contributed by atoms with van der Waals surface area (Å²) in [5.74, 6) is 0.753. The fourth-order valence-corrected chi connectivity index (χ4v) is 4.24. The molecule has 5 rings (SSSR count). The van der Waals surface area contributed by atoms with Gasteiger partial charge in [-0.1, -0.05) is 42.5 Å². The quantitative estimate of drug-likeness (QED) is 0.328. The third-order valence-corrected chi connectivity index (χ3v) is 5.83. The van der Waals surface area contributed by atoms with E-state index in [1.165, 1.54) is 11.3 Å². The molecule has 2 aromatic carbocycles. The lowest BCUT2D eigenvalue weighted by molar-refractivity contribution is 0.622. The summed E-state index contributed by atoms with van der Waals surface area (Å²) in [6.07, 6.45) is 5.31. The van der Waals surface area contributed by atoms with Gasteiger partial charge in [0, 0.05) is 28.7 Å². The highest BCUT2D eigenvalue weighted by Crippen LogP contribution is 2.29. The van der Waals surface area contributed by atoms with E-state index in [1.54, 1.807) is 18.6 Å². The van der Waals surface area contributed by atoms with Gasteiger partial charge in [0.1, 0.15) is 11.3 Å². The lowest BCUT2D eigenvalue weighted by Crippen LogP contribution is -2.11. The Morgan fingerprint density at radius 2 is 1.84 bits per heavy atom. The summed E-state index contributed by atoms with van der Waals surface area (Å²) >= 11 is 1.54. The van der Waals surface area contributed by atoms with E-state index in [4.69, 9.17) is 14.5 Å². The van der Waals surface area contributed by atoms with E-state index >= 15 is 0 Å². The Hall–Kier alpha value is -3.77. The van der Waals surface area contributed by atoms with Crippen LogP contribution in [0, 0.1) is 13.8 Å². The molecule has 3 aromatic heterocycles. The monoisotopic (exact) mass is 424 g/mol. The number of para-hydroxylation sites is 2. The molecule has 152 valence electrons. The normalized spacial score (nSPS) is 12.3. The average molecular weight is 425 g/mol. The first kappa shape index (κ1) is 19.2. The number of aromatic nitrogens is 2.